The summed E-state index contributed by atoms with van der Waals surface area (Å²) in [6.45, 7) is 0.211. The van der Waals surface area contributed by atoms with Gasteiger partial charge in [0.2, 0.25) is 18.6 Å². The summed E-state index contributed by atoms with van der Waals surface area (Å²) in [5.41, 5.74) is 1.93. The second kappa shape index (κ2) is 8.00. The Morgan fingerprint density at radius 3 is 3.03 bits per heavy atom. The molecular formula is C20H17N3O4S2. The lowest BCUT2D eigenvalue weighted by Gasteiger charge is -2.25. The van der Waals surface area contributed by atoms with E-state index in [-0.39, 0.29) is 24.5 Å². The van der Waals surface area contributed by atoms with Gasteiger partial charge in [-0.1, -0.05) is 30.0 Å². The summed E-state index contributed by atoms with van der Waals surface area (Å²) in [4.78, 5) is 13.7. The molecule has 0 aliphatic carbocycles. The van der Waals surface area contributed by atoms with E-state index in [1.165, 1.54) is 22.2 Å². The van der Waals surface area contributed by atoms with Crippen molar-refractivity contribution in [1.82, 2.24) is 15.5 Å². The van der Waals surface area contributed by atoms with Crippen molar-refractivity contribution in [3.63, 3.8) is 0 Å². The second-order valence-corrected chi connectivity index (χ2v) is 8.59. The number of hydrogen-bond donors (Lipinski definition) is 1. The predicted molar refractivity (Wildman–Crippen MR) is 109 cm³/mol. The maximum absolute atomic E-state index is 12.4. The normalized spacial score (nSPS) is 17.0. The van der Waals surface area contributed by atoms with Crippen LogP contribution in [-0.4, -0.2) is 34.4 Å². The molecule has 2 aliphatic heterocycles. The fraction of sp³-hybridized carbons (Fsp3) is 0.250. The van der Waals surface area contributed by atoms with E-state index in [0.717, 1.165) is 17.7 Å². The Kier molecular flexibility index (Phi) is 5.07. The molecule has 1 aromatic heterocycles. The first-order valence-electron chi connectivity index (χ1n) is 9.14. The van der Waals surface area contributed by atoms with Gasteiger partial charge in [0.1, 0.15) is 0 Å². The van der Waals surface area contributed by atoms with Crippen LogP contribution < -0.4 is 14.8 Å². The smallest absolute Gasteiger partial charge is 0.277 e. The molecule has 29 heavy (non-hydrogen) atoms. The van der Waals surface area contributed by atoms with Crippen molar-refractivity contribution in [3.05, 3.63) is 48.0 Å². The summed E-state index contributed by atoms with van der Waals surface area (Å²) < 4.78 is 16.4. The molecule has 3 heterocycles. The van der Waals surface area contributed by atoms with Gasteiger partial charge in [0.25, 0.3) is 5.22 Å². The van der Waals surface area contributed by atoms with Crippen molar-refractivity contribution < 1.29 is 18.7 Å². The molecular weight excluding hydrogens is 410 g/mol. The number of carbonyl (C=O) groups excluding carboxylic acids is 1. The average molecular weight is 428 g/mol. The number of thioether (sulfide) groups is 2. The van der Waals surface area contributed by atoms with E-state index < -0.39 is 0 Å². The SMILES string of the molecule is O=C(CSc1nnc(-c2ccc3c(c2)OCO3)o1)NC1CCSc2ccccc21. The standard InChI is InChI=1S/C20H17N3O4S2/c24-18(21-14-7-8-28-17-4-2-1-3-13(14)17)10-29-20-23-22-19(27-20)12-5-6-15-16(9-12)26-11-25-15/h1-6,9,14H,7-8,10-11H2,(H,21,24). The van der Waals surface area contributed by atoms with Crippen LogP contribution in [0.15, 0.2) is 57.0 Å². The van der Waals surface area contributed by atoms with E-state index in [2.05, 4.69) is 27.6 Å². The number of fused-ring (bicyclic) bond motifs is 2. The van der Waals surface area contributed by atoms with Crippen LogP contribution in [0.5, 0.6) is 11.5 Å². The van der Waals surface area contributed by atoms with Crippen LogP contribution in [0.3, 0.4) is 0 Å². The number of hydrogen-bond acceptors (Lipinski definition) is 8. The average Bonchev–Trinajstić information content (AvgIpc) is 3.41. The van der Waals surface area contributed by atoms with E-state index in [0.29, 0.717) is 22.6 Å². The van der Waals surface area contributed by atoms with Crippen LogP contribution in [0.1, 0.15) is 18.0 Å². The molecule has 1 unspecified atom stereocenters. The first-order chi connectivity index (χ1) is 14.3. The van der Waals surface area contributed by atoms with Crippen molar-refractivity contribution in [2.45, 2.75) is 22.6 Å². The lowest BCUT2D eigenvalue weighted by Crippen LogP contribution is -2.31. The van der Waals surface area contributed by atoms with E-state index in [9.17, 15) is 4.79 Å². The number of nitrogens with one attached hydrogen (secondary N) is 1. The topological polar surface area (TPSA) is 86.5 Å². The van der Waals surface area contributed by atoms with Gasteiger partial charge in [-0.3, -0.25) is 4.79 Å². The summed E-state index contributed by atoms with van der Waals surface area (Å²) in [5.74, 6) is 2.89. The number of ether oxygens (including phenoxy) is 2. The number of carbonyl (C=O) groups is 1. The summed E-state index contributed by atoms with van der Waals surface area (Å²) >= 11 is 3.06. The lowest BCUT2D eigenvalue weighted by molar-refractivity contribution is -0.119. The highest BCUT2D eigenvalue weighted by atomic mass is 32.2. The van der Waals surface area contributed by atoms with Crippen molar-refractivity contribution in [2.75, 3.05) is 18.3 Å². The van der Waals surface area contributed by atoms with Crippen molar-refractivity contribution in [3.8, 4) is 23.0 Å². The van der Waals surface area contributed by atoms with Crippen LogP contribution in [0.25, 0.3) is 11.5 Å². The van der Waals surface area contributed by atoms with E-state index >= 15 is 0 Å². The van der Waals surface area contributed by atoms with Gasteiger partial charge in [0.05, 0.1) is 11.8 Å². The molecule has 0 fully saturated rings. The van der Waals surface area contributed by atoms with E-state index in [1.54, 1.807) is 6.07 Å². The molecule has 9 heteroatoms. The second-order valence-electron chi connectivity index (χ2n) is 6.52. The Hall–Kier alpha value is -2.65. The fourth-order valence-corrected chi connectivity index (χ4v) is 4.97. The monoisotopic (exact) mass is 427 g/mol. The Morgan fingerprint density at radius 1 is 1.17 bits per heavy atom. The van der Waals surface area contributed by atoms with E-state index in [4.69, 9.17) is 13.9 Å². The molecule has 1 N–H and O–H groups in total. The summed E-state index contributed by atoms with van der Waals surface area (Å²) in [5, 5.41) is 11.6. The van der Waals surface area contributed by atoms with Crippen LogP contribution >= 0.6 is 23.5 Å². The number of aromatic nitrogens is 2. The van der Waals surface area contributed by atoms with E-state index in [1.807, 2.05) is 36.0 Å². The van der Waals surface area contributed by atoms with Crippen molar-refractivity contribution in [1.29, 1.82) is 0 Å². The van der Waals surface area contributed by atoms with Gasteiger partial charge in [-0.15, -0.1) is 22.0 Å². The summed E-state index contributed by atoms with van der Waals surface area (Å²) in [7, 11) is 0. The Labute approximate surface area is 175 Å². The molecule has 5 rings (SSSR count). The quantitative estimate of drug-likeness (QED) is 0.614. The molecule has 0 bridgehead atoms. The minimum Gasteiger partial charge on any atom is -0.454 e. The van der Waals surface area contributed by atoms with Crippen molar-refractivity contribution >= 4 is 29.4 Å². The third-order valence-electron chi connectivity index (χ3n) is 4.65. The predicted octanol–water partition coefficient (Wildman–Crippen LogP) is 3.91. The zero-order chi connectivity index (χ0) is 19.6. The van der Waals surface area contributed by atoms with Crippen LogP contribution in [-0.2, 0) is 4.79 Å². The van der Waals surface area contributed by atoms with Gasteiger partial charge < -0.3 is 19.2 Å². The van der Waals surface area contributed by atoms with Gasteiger partial charge >= 0.3 is 0 Å². The number of amides is 1. The highest BCUT2D eigenvalue weighted by molar-refractivity contribution is 7.99. The number of nitrogens with zero attached hydrogens (tertiary/aromatic N) is 2. The molecule has 0 saturated heterocycles. The summed E-state index contributed by atoms with van der Waals surface area (Å²) in [6, 6.07) is 13.7. The van der Waals surface area contributed by atoms with Gasteiger partial charge in [-0.25, -0.2) is 0 Å². The van der Waals surface area contributed by atoms with Gasteiger partial charge in [0.15, 0.2) is 11.5 Å². The van der Waals surface area contributed by atoms with Crippen LogP contribution in [0.4, 0.5) is 0 Å². The third-order valence-corrected chi connectivity index (χ3v) is 6.59. The molecule has 2 aliphatic rings. The molecule has 1 atom stereocenters. The number of benzene rings is 2. The Bertz CT molecular complexity index is 1060. The molecule has 148 valence electrons. The highest BCUT2D eigenvalue weighted by Crippen LogP contribution is 2.37. The maximum atomic E-state index is 12.4. The molecule has 3 aromatic rings. The molecule has 0 spiro atoms. The molecule has 0 saturated carbocycles. The Balaban J connectivity index is 1.20. The minimum atomic E-state index is -0.0514. The number of rotatable bonds is 5. The fourth-order valence-electron chi connectivity index (χ4n) is 3.27. The van der Waals surface area contributed by atoms with Gasteiger partial charge in [0, 0.05) is 16.2 Å². The van der Waals surface area contributed by atoms with Gasteiger partial charge in [-0.05, 0) is 36.2 Å². The maximum Gasteiger partial charge on any atom is 0.277 e. The highest BCUT2D eigenvalue weighted by Gasteiger charge is 2.22. The molecule has 0 radical (unpaired) electrons. The zero-order valence-corrected chi connectivity index (χ0v) is 16.9. The Morgan fingerprint density at radius 2 is 2.07 bits per heavy atom. The largest absolute Gasteiger partial charge is 0.454 e. The minimum absolute atomic E-state index is 0.0485. The lowest BCUT2D eigenvalue weighted by atomic mass is 10.0. The molecule has 1 amide bonds. The van der Waals surface area contributed by atoms with Crippen LogP contribution in [0.2, 0.25) is 0 Å². The molecule has 2 aromatic carbocycles. The van der Waals surface area contributed by atoms with Crippen molar-refractivity contribution in [2.24, 2.45) is 0 Å². The zero-order valence-electron chi connectivity index (χ0n) is 15.3. The third kappa shape index (κ3) is 3.92. The first-order valence-corrected chi connectivity index (χ1v) is 11.1. The van der Waals surface area contributed by atoms with Gasteiger partial charge in [-0.2, -0.15) is 0 Å². The van der Waals surface area contributed by atoms with Crippen LogP contribution in [0, 0.1) is 0 Å². The molecule has 7 nitrogen and oxygen atoms in total. The first kappa shape index (κ1) is 18.4. The summed E-state index contributed by atoms with van der Waals surface area (Å²) in [6.07, 6.45) is 0.924.